The number of rotatable bonds is 4. The van der Waals surface area contributed by atoms with Gasteiger partial charge in [0.15, 0.2) is 0 Å². The first kappa shape index (κ1) is 13.9. The molecule has 2 aliphatic rings. The summed E-state index contributed by atoms with van der Waals surface area (Å²) in [7, 11) is 0. The van der Waals surface area contributed by atoms with Gasteiger partial charge < -0.3 is 9.47 Å². The lowest BCUT2D eigenvalue weighted by atomic mass is 9.82. The Morgan fingerprint density at radius 2 is 2.20 bits per heavy atom. The van der Waals surface area contributed by atoms with E-state index in [1.807, 2.05) is 6.07 Å². The zero-order valence-corrected chi connectivity index (χ0v) is 12.4. The van der Waals surface area contributed by atoms with E-state index in [0.29, 0.717) is 5.41 Å². The summed E-state index contributed by atoms with van der Waals surface area (Å²) in [5.41, 5.74) is 1.66. The maximum absolute atomic E-state index is 5.90. The SMILES string of the molecule is Cc1ccccc1OCCN1CCC2(CCCOC2)C1. The fourth-order valence-electron chi connectivity index (χ4n) is 3.45. The van der Waals surface area contributed by atoms with Gasteiger partial charge in [0, 0.05) is 25.1 Å². The van der Waals surface area contributed by atoms with Crippen molar-refractivity contribution in [3.05, 3.63) is 29.8 Å². The molecule has 20 heavy (non-hydrogen) atoms. The molecule has 2 aliphatic heterocycles. The van der Waals surface area contributed by atoms with Crippen LogP contribution >= 0.6 is 0 Å². The van der Waals surface area contributed by atoms with Gasteiger partial charge in [-0.05, 0) is 44.4 Å². The molecule has 0 N–H and O–H groups in total. The Hall–Kier alpha value is -1.06. The molecule has 110 valence electrons. The van der Waals surface area contributed by atoms with Gasteiger partial charge in [-0.15, -0.1) is 0 Å². The van der Waals surface area contributed by atoms with Gasteiger partial charge in [-0.3, -0.25) is 4.90 Å². The fourth-order valence-corrected chi connectivity index (χ4v) is 3.45. The molecule has 0 saturated carbocycles. The second-order valence-electron chi connectivity index (χ2n) is 6.30. The van der Waals surface area contributed by atoms with Crippen LogP contribution in [-0.2, 0) is 4.74 Å². The largest absolute Gasteiger partial charge is 0.492 e. The Bertz CT molecular complexity index is 440. The smallest absolute Gasteiger partial charge is 0.122 e. The minimum absolute atomic E-state index is 0.445. The molecule has 0 aliphatic carbocycles. The molecular weight excluding hydrogens is 250 g/mol. The van der Waals surface area contributed by atoms with Crippen molar-refractivity contribution in [1.29, 1.82) is 0 Å². The van der Waals surface area contributed by atoms with Crippen LogP contribution in [0.3, 0.4) is 0 Å². The maximum Gasteiger partial charge on any atom is 0.122 e. The quantitative estimate of drug-likeness (QED) is 0.843. The third-order valence-corrected chi connectivity index (χ3v) is 4.68. The third kappa shape index (κ3) is 3.15. The van der Waals surface area contributed by atoms with Crippen molar-refractivity contribution in [2.75, 3.05) is 39.5 Å². The van der Waals surface area contributed by atoms with Crippen molar-refractivity contribution in [3.63, 3.8) is 0 Å². The molecule has 0 amide bonds. The molecule has 1 atom stereocenters. The molecule has 0 radical (unpaired) electrons. The second-order valence-corrected chi connectivity index (χ2v) is 6.30. The highest BCUT2D eigenvalue weighted by Gasteiger charge is 2.39. The molecule has 3 nitrogen and oxygen atoms in total. The molecule has 0 aromatic heterocycles. The molecule has 1 aromatic carbocycles. The summed E-state index contributed by atoms with van der Waals surface area (Å²) in [5, 5.41) is 0. The van der Waals surface area contributed by atoms with Crippen LogP contribution in [0.5, 0.6) is 5.75 Å². The lowest BCUT2D eigenvalue weighted by Gasteiger charge is -2.33. The van der Waals surface area contributed by atoms with E-state index in [0.717, 1.165) is 32.1 Å². The van der Waals surface area contributed by atoms with E-state index in [4.69, 9.17) is 9.47 Å². The Kier molecular flexibility index (Phi) is 4.27. The van der Waals surface area contributed by atoms with E-state index in [1.54, 1.807) is 0 Å². The highest BCUT2D eigenvalue weighted by Crippen LogP contribution is 2.37. The summed E-state index contributed by atoms with van der Waals surface area (Å²) in [6.45, 7) is 8.20. The topological polar surface area (TPSA) is 21.7 Å². The zero-order chi connectivity index (χ0) is 13.8. The van der Waals surface area contributed by atoms with Crippen LogP contribution in [-0.4, -0.2) is 44.4 Å². The van der Waals surface area contributed by atoms with Gasteiger partial charge in [-0.1, -0.05) is 18.2 Å². The first-order valence-corrected chi connectivity index (χ1v) is 7.76. The van der Waals surface area contributed by atoms with E-state index >= 15 is 0 Å². The summed E-state index contributed by atoms with van der Waals surface area (Å²) in [6.07, 6.45) is 3.85. The average Bonchev–Trinajstić information content (AvgIpc) is 2.85. The van der Waals surface area contributed by atoms with Crippen LogP contribution in [0.1, 0.15) is 24.8 Å². The number of para-hydroxylation sites is 1. The highest BCUT2D eigenvalue weighted by molar-refractivity contribution is 5.31. The number of ether oxygens (including phenoxy) is 2. The van der Waals surface area contributed by atoms with E-state index in [2.05, 4.69) is 30.0 Å². The van der Waals surface area contributed by atoms with Gasteiger partial charge in [0.25, 0.3) is 0 Å². The van der Waals surface area contributed by atoms with Crippen molar-refractivity contribution in [2.45, 2.75) is 26.2 Å². The van der Waals surface area contributed by atoms with E-state index in [1.165, 1.54) is 37.9 Å². The van der Waals surface area contributed by atoms with E-state index in [-0.39, 0.29) is 0 Å². The molecule has 1 unspecified atom stereocenters. The van der Waals surface area contributed by atoms with Crippen molar-refractivity contribution in [3.8, 4) is 5.75 Å². The van der Waals surface area contributed by atoms with Crippen molar-refractivity contribution in [2.24, 2.45) is 5.41 Å². The summed E-state index contributed by atoms with van der Waals surface area (Å²) < 4.78 is 11.6. The number of benzene rings is 1. The highest BCUT2D eigenvalue weighted by atomic mass is 16.5. The van der Waals surface area contributed by atoms with Crippen LogP contribution in [0.2, 0.25) is 0 Å². The minimum Gasteiger partial charge on any atom is -0.492 e. The van der Waals surface area contributed by atoms with Crippen LogP contribution in [0.4, 0.5) is 0 Å². The molecule has 0 bridgehead atoms. The van der Waals surface area contributed by atoms with Gasteiger partial charge in [0.05, 0.1) is 6.61 Å². The lowest BCUT2D eigenvalue weighted by molar-refractivity contribution is -0.00256. The monoisotopic (exact) mass is 275 g/mol. The Morgan fingerprint density at radius 3 is 3.00 bits per heavy atom. The standard InChI is InChI=1S/C17H25NO2/c1-15-5-2-3-6-16(15)20-12-10-18-9-8-17(13-18)7-4-11-19-14-17/h2-3,5-6H,4,7-14H2,1H3. The fraction of sp³-hybridized carbons (Fsp3) is 0.647. The Balaban J connectivity index is 1.45. The molecule has 2 saturated heterocycles. The van der Waals surface area contributed by atoms with Crippen LogP contribution in [0, 0.1) is 12.3 Å². The number of likely N-dealkylation sites (tertiary alicyclic amines) is 1. The van der Waals surface area contributed by atoms with Gasteiger partial charge in [0.2, 0.25) is 0 Å². The van der Waals surface area contributed by atoms with Gasteiger partial charge in [-0.25, -0.2) is 0 Å². The van der Waals surface area contributed by atoms with Crippen molar-refractivity contribution in [1.82, 2.24) is 4.90 Å². The average molecular weight is 275 g/mol. The summed E-state index contributed by atoms with van der Waals surface area (Å²) in [6, 6.07) is 8.23. The molecule has 3 rings (SSSR count). The van der Waals surface area contributed by atoms with Crippen molar-refractivity contribution < 1.29 is 9.47 Å². The minimum atomic E-state index is 0.445. The number of hydrogen-bond donors (Lipinski definition) is 0. The maximum atomic E-state index is 5.90. The number of hydrogen-bond acceptors (Lipinski definition) is 3. The van der Waals surface area contributed by atoms with Gasteiger partial charge >= 0.3 is 0 Å². The van der Waals surface area contributed by atoms with Gasteiger partial charge in [-0.2, -0.15) is 0 Å². The molecule has 1 aromatic rings. The predicted molar refractivity (Wildman–Crippen MR) is 80.2 cm³/mol. The number of aryl methyl sites for hydroxylation is 1. The Labute approximate surface area is 121 Å². The van der Waals surface area contributed by atoms with Crippen LogP contribution in [0.15, 0.2) is 24.3 Å². The first-order chi connectivity index (χ1) is 9.77. The first-order valence-electron chi connectivity index (χ1n) is 7.76. The summed E-state index contributed by atoms with van der Waals surface area (Å²) in [4.78, 5) is 2.53. The predicted octanol–water partition coefficient (Wildman–Crippen LogP) is 2.88. The summed E-state index contributed by atoms with van der Waals surface area (Å²) >= 11 is 0. The van der Waals surface area contributed by atoms with Crippen LogP contribution < -0.4 is 4.74 Å². The normalized spacial score (nSPS) is 27.1. The van der Waals surface area contributed by atoms with E-state index < -0.39 is 0 Å². The van der Waals surface area contributed by atoms with Gasteiger partial charge in [0.1, 0.15) is 12.4 Å². The molecule has 2 fully saturated rings. The molecule has 1 spiro atoms. The van der Waals surface area contributed by atoms with Crippen molar-refractivity contribution >= 4 is 0 Å². The van der Waals surface area contributed by atoms with E-state index in [9.17, 15) is 0 Å². The molecule has 3 heteroatoms. The lowest BCUT2D eigenvalue weighted by Crippen LogP contribution is -2.36. The molecule has 2 heterocycles. The zero-order valence-electron chi connectivity index (χ0n) is 12.4. The van der Waals surface area contributed by atoms with Crippen LogP contribution in [0.25, 0.3) is 0 Å². The summed E-state index contributed by atoms with van der Waals surface area (Å²) in [5.74, 6) is 1.02. The number of nitrogens with zero attached hydrogens (tertiary/aromatic N) is 1. The molecular formula is C17H25NO2. The third-order valence-electron chi connectivity index (χ3n) is 4.68. The Morgan fingerprint density at radius 1 is 1.30 bits per heavy atom. The second kappa shape index (κ2) is 6.15.